The lowest BCUT2D eigenvalue weighted by atomic mass is 9.70. The number of ether oxygens (including phenoxy) is 3. The van der Waals surface area contributed by atoms with Gasteiger partial charge < -0.3 is 14.2 Å². The van der Waals surface area contributed by atoms with Crippen LogP contribution in [0.25, 0.3) is 0 Å². The van der Waals surface area contributed by atoms with Crippen LogP contribution in [0.15, 0.2) is 49.1 Å². The van der Waals surface area contributed by atoms with Crippen molar-refractivity contribution in [3.63, 3.8) is 0 Å². The summed E-state index contributed by atoms with van der Waals surface area (Å²) >= 11 is 0. The van der Waals surface area contributed by atoms with Gasteiger partial charge in [0.05, 0.1) is 18.6 Å². The summed E-state index contributed by atoms with van der Waals surface area (Å²) in [6, 6.07) is 4.09. The van der Waals surface area contributed by atoms with Gasteiger partial charge in [0, 0.05) is 0 Å². The van der Waals surface area contributed by atoms with Gasteiger partial charge in [-0.1, -0.05) is 18.2 Å². The number of benzene rings is 1. The first-order chi connectivity index (χ1) is 19.1. The van der Waals surface area contributed by atoms with Crippen LogP contribution in [0.4, 0.5) is 22.0 Å². The minimum atomic E-state index is -4.83. The topological polar surface area (TPSA) is 27.7 Å². The van der Waals surface area contributed by atoms with E-state index in [-0.39, 0.29) is 5.75 Å². The molecule has 3 fully saturated rings. The van der Waals surface area contributed by atoms with Crippen molar-refractivity contribution in [1.29, 1.82) is 0 Å². The summed E-state index contributed by atoms with van der Waals surface area (Å²) in [5, 5.41) is 0. The van der Waals surface area contributed by atoms with E-state index in [0.29, 0.717) is 43.6 Å². The second kappa shape index (κ2) is 14.2. The number of halogens is 5. The van der Waals surface area contributed by atoms with Crippen molar-refractivity contribution in [2.45, 2.75) is 102 Å². The molecule has 1 aromatic carbocycles. The SMILES string of the molecule is C=CCCOC1CCC(C2CCC(/C=C/C3CCC(C(F)(F)Oc4ccc(OC(F)(F)F)cc4)CC3)CC2)CC1. The zero-order valence-corrected chi connectivity index (χ0v) is 23.2. The maximum absolute atomic E-state index is 14.8. The Labute approximate surface area is 235 Å². The van der Waals surface area contributed by atoms with E-state index in [1.165, 1.54) is 51.4 Å². The van der Waals surface area contributed by atoms with E-state index < -0.39 is 24.1 Å². The predicted octanol–water partition coefficient (Wildman–Crippen LogP) is 9.88. The molecule has 0 bridgehead atoms. The lowest BCUT2D eigenvalue weighted by Gasteiger charge is -2.37. The van der Waals surface area contributed by atoms with E-state index in [9.17, 15) is 22.0 Å². The molecule has 3 nitrogen and oxygen atoms in total. The highest BCUT2D eigenvalue weighted by molar-refractivity contribution is 5.31. The molecule has 0 saturated heterocycles. The summed E-state index contributed by atoms with van der Waals surface area (Å²) < 4.78 is 81.1. The van der Waals surface area contributed by atoms with Gasteiger partial charge in [0.1, 0.15) is 11.5 Å². The molecule has 0 N–H and O–H groups in total. The van der Waals surface area contributed by atoms with Crippen LogP contribution in [0, 0.1) is 29.6 Å². The smallest absolute Gasteiger partial charge is 0.432 e. The van der Waals surface area contributed by atoms with Crippen LogP contribution in [0.2, 0.25) is 0 Å². The summed E-state index contributed by atoms with van der Waals surface area (Å²) in [5.74, 6) is 0.973. The maximum Gasteiger partial charge on any atom is 0.573 e. The van der Waals surface area contributed by atoms with E-state index in [0.717, 1.165) is 49.1 Å². The van der Waals surface area contributed by atoms with Crippen molar-refractivity contribution in [2.24, 2.45) is 29.6 Å². The first-order valence-corrected chi connectivity index (χ1v) is 14.9. The number of hydrogen-bond donors (Lipinski definition) is 0. The molecular weight excluding hydrogens is 527 g/mol. The number of allylic oxidation sites excluding steroid dienone is 2. The van der Waals surface area contributed by atoms with Crippen LogP contribution in [0.5, 0.6) is 11.5 Å². The number of hydrogen-bond acceptors (Lipinski definition) is 3. The molecule has 1 aromatic rings. The summed E-state index contributed by atoms with van der Waals surface area (Å²) in [6.45, 7) is 4.54. The summed E-state index contributed by atoms with van der Waals surface area (Å²) in [7, 11) is 0. The third-order valence-corrected chi connectivity index (χ3v) is 9.09. The molecule has 0 spiro atoms. The second-order valence-electron chi connectivity index (χ2n) is 11.8. The molecule has 224 valence electrons. The summed E-state index contributed by atoms with van der Waals surface area (Å²) in [4.78, 5) is 0. The van der Waals surface area contributed by atoms with Gasteiger partial charge in [-0.25, -0.2) is 0 Å². The first-order valence-electron chi connectivity index (χ1n) is 14.9. The van der Waals surface area contributed by atoms with Gasteiger partial charge in [0.15, 0.2) is 0 Å². The molecule has 0 unspecified atom stereocenters. The van der Waals surface area contributed by atoms with Gasteiger partial charge in [-0.2, -0.15) is 8.78 Å². The van der Waals surface area contributed by atoms with Crippen molar-refractivity contribution in [3.8, 4) is 11.5 Å². The Hall–Kier alpha value is -2.09. The highest BCUT2D eigenvalue weighted by Gasteiger charge is 2.44. The molecule has 0 heterocycles. The van der Waals surface area contributed by atoms with Gasteiger partial charge in [-0.05, 0) is 131 Å². The van der Waals surface area contributed by atoms with Crippen LogP contribution in [0.1, 0.15) is 83.5 Å². The Morgan fingerprint density at radius 3 is 1.65 bits per heavy atom. The maximum atomic E-state index is 14.8. The van der Waals surface area contributed by atoms with E-state index in [2.05, 4.69) is 23.5 Å². The van der Waals surface area contributed by atoms with Crippen LogP contribution < -0.4 is 9.47 Å². The molecule has 3 aliphatic rings. The van der Waals surface area contributed by atoms with E-state index in [4.69, 9.17) is 9.47 Å². The van der Waals surface area contributed by atoms with Crippen LogP contribution >= 0.6 is 0 Å². The Morgan fingerprint density at radius 2 is 1.15 bits per heavy atom. The van der Waals surface area contributed by atoms with Crippen molar-refractivity contribution in [2.75, 3.05) is 6.61 Å². The number of rotatable bonds is 11. The highest BCUT2D eigenvalue weighted by atomic mass is 19.4. The Kier molecular flexibility index (Phi) is 10.9. The molecule has 0 amide bonds. The van der Waals surface area contributed by atoms with Crippen molar-refractivity contribution in [1.82, 2.24) is 0 Å². The Balaban J connectivity index is 1.14. The molecule has 0 aliphatic heterocycles. The first kappa shape index (κ1) is 30.9. The van der Waals surface area contributed by atoms with Crippen molar-refractivity contribution < 1.29 is 36.2 Å². The lowest BCUT2D eigenvalue weighted by molar-refractivity contribution is -0.274. The minimum absolute atomic E-state index is 0.179. The fourth-order valence-electron chi connectivity index (χ4n) is 6.77. The minimum Gasteiger partial charge on any atom is -0.432 e. The molecule has 0 atom stereocenters. The van der Waals surface area contributed by atoms with Gasteiger partial charge in [-0.15, -0.1) is 19.8 Å². The van der Waals surface area contributed by atoms with Gasteiger partial charge >= 0.3 is 12.5 Å². The highest BCUT2D eigenvalue weighted by Crippen LogP contribution is 2.43. The summed E-state index contributed by atoms with van der Waals surface area (Å²) in [5.41, 5.74) is 0. The van der Waals surface area contributed by atoms with Gasteiger partial charge in [-0.3, -0.25) is 0 Å². The van der Waals surface area contributed by atoms with E-state index >= 15 is 0 Å². The molecule has 40 heavy (non-hydrogen) atoms. The third-order valence-electron chi connectivity index (χ3n) is 9.09. The van der Waals surface area contributed by atoms with Crippen molar-refractivity contribution in [3.05, 3.63) is 49.1 Å². The average molecular weight is 571 g/mol. The fourth-order valence-corrected chi connectivity index (χ4v) is 6.77. The quantitative estimate of drug-likeness (QED) is 0.151. The molecule has 3 saturated carbocycles. The average Bonchev–Trinajstić information content (AvgIpc) is 2.93. The van der Waals surface area contributed by atoms with Crippen molar-refractivity contribution >= 4 is 0 Å². The zero-order valence-electron chi connectivity index (χ0n) is 23.2. The monoisotopic (exact) mass is 570 g/mol. The molecule has 4 rings (SSSR count). The third kappa shape index (κ3) is 9.49. The predicted molar refractivity (Wildman–Crippen MR) is 145 cm³/mol. The van der Waals surface area contributed by atoms with Gasteiger partial charge in [0.25, 0.3) is 0 Å². The number of alkyl halides is 5. The standard InChI is InChI=1S/C32H43F5O3/c1-2-3-22-38-28-16-12-26(13-17-28)25-10-6-23(7-11-25)4-5-24-8-14-27(15-9-24)31(33,34)39-29-18-20-30(21-19-29)40-32(35,36)37/h2,4-5,18-21,23-28H,1,3,6-17,22H2/b5-4+. The van der Waals surface area contributed by atoms with Crippen LogP contribution in [-0.2, 0) is 4.74 Å². The Morgan fingerprint density at radius 1 is 0.675 bits per heavy atom. The Bertz CT molecular complexity index is 921. The molecular formula is C32H43F5O3. The molecule has 0 radical (unpaired) electrons. The second-order valence-corrected chi connectivity index (χ2v) is 11.8. The van der Waals surface area contributed by atoms with Gasteiger partial charge in [0.2, 0.25) is 0 Å². The van der Waals surface area contributed by atoms with E-state index in [1.807, 2.05) is 6.08 Å². The van der Waals surface area contributed by atoms with Crippen LogP contribution in [-0.4, -0.2) is 25.2 Å². The molecule has 3 aliphatic carbocycles. The zero-order chi connectivity index (χ0) is 28.6. The lowest BCUT2D eigenvalue weighted by Crippen LogP contribution is -2.37. The summed E-state index contributed by atoms with van der Waals surface area (Å²) in [6.07, 6.45) is 11.6. The van der Waals surface area contributed by atoms with E-state index in [1.54, 1.807) is 0 Å². The fraction of sp³-hybridized carbons (Fsp3) is 0.688. The largest absolute Gasteiger partial charge is 0.573 e. The van der Waals surface area contributed by atoms with Crippen LogP contribution in [0.3, 0.4) is 0 Å². The normalized spacial score (nSPS) is 30.2. The molecule has 0 aromatic heterocycles. The molecule has 8 heteroatoms.